The van der Waals surface area contributed by atoms with Crippen molar-refractivity contribution in [3.63, 3.8) is 0 Å². The molecule has 1 unspecified atom stereocenters. The maximum absolute atomic E-state index is 14.0. The molecule has 0 spiro atoms. The van der Waals surface area contributed by atoms with Crippen LogP contribution >= 0.6 is 23.8 Å². The lowest BCUT2D eigenvalue weighted by molar-refractivity contribution is 0.623. The number of halogens is 2. The van der Waals surface area contributed by atoms with Crippen molar-refractivity contribution >= 4 is 34.5 Å². The molecule has 2 aromatic rings. The number of anilines is 1. The molecule has 2 nitrogen and oxygen atoms in total. The second kappa shape index (κ2) is 6.41. The summed E-state index contributed by atoms with van der Waals surface area (Å²) in [4.78, 5) is 2.03. The van der Waals surface area contributed by atoms with Gasteiger partial charge in [0.05, 0.1) is 6.04 Å². The summed E-state index contributed by atoms with van der Waals surface area (Å²) in [6, 6.07) is 12.5. The van der Waals surface area contributed by atoms with Gasteiger partial charge in [-0.3, -0.25) is 0 Å². The first-order chi connectivity index (χ1) is 9.90. The van der Waals surface area contributed by atoms with Crippen molar-refractivity contribution in [3.8, 4) is 0 Å². The Balaban J connectivity index is 2.29. The van der Waals surface area contributed by atoms with Crippen LogP contribution in [0.5, 0.6) is 0 Å². The zero-order valence-electron chi connectivity index (χ0n) is 11.8. The molecule has 0 radical (unpaired) electrons. The predicted octanol–water partition coefficient (Wildman–Crippen LogP) is 4.31. The van der Waals surface area contributed by atoms with Gasteiger partial charge in [-0.2, -0.15) is 0 Å². The summed E-state index contributed by atoms with van der Waals surface area (Å²) in [6.07, 6.45) is 0. The summed E-state index contributed by atoms with van der Waals surface area (Å²) in [7, 11) is 1.90. The Morgan fingerprint density at radius 2 is 2.00 bits per heavy atom. The van der Waals surface area contributed by atoms with Gasteiger partial charge in [-0.15, -0.1) is 0 Å². The Bertz CT molecular complexity index is 675. The highest BCUT2D eigenvalue weighted by molar-refractivity contribution is 7.80. The number of benzene rings is 2. The van der Waals surface area contributed by atoms with Crippen LogP contribution in [-0.4, -0.2) is 12.0 Å². The average Bonchev–Trinajstić information content (AvgIpc) is 2.45. The van der Waals surface area contributed by atoms with Gasteiger partial charge in [-0.25, -0.2) is 4.39 Å². The van der Waals surface area contributed by atoms with Crippen molar-refractivity contribution < 1.29 is 4.39 Å². The molecule has 0 aliphatic carbocycles. The van der Waals surface area contributed by atoms with Gasteiger partial charge in [0, 0.05) is 23.3 Å². The minimum Gasteiger partial charge on any atom is -0.389 e. The van der Waals surface area contributed by atoms with Crippen molar-refractivity contribution in [2.45, 2.75) is 13.0 Å². The van der Waals surface area contributed by atoms with E-state index in [9.17, 15) is 4.39 Å². The van der Waals surface area contributed by atoms with Crippen LogP contribution in [0.1, 0.15) is 24.1 Å². The van der Waals surface area contributed by atoms with E-state index in [1.807, 2.05) is 43.1 Å². The van der Waals surface area contributed by atoms with Gasteiger partial charge in [0.15, 0.2) is 0 Å². The van der Waals surface area contributed by atoms with E-state index in [1.165, 1.54) is 6.07 Å². The fraction of sp³-hybridized carbons (Fsp3) is 0.188. The maximum Gasteiger partial charge on any atom is 0.135 e. The van der Waals surface area contributed by atoms with Crippen LogP contribution < -0.4 is 10.6 Å². The van der Waals surface area contributed by atoms with Gasteiger partial charge in [0.1, 0.15) is 10.8 Å². The number of nitrogens with zero attached hydrogens (tertiary/aromatic N) is 1. The number of hydrogen-bond donors (Lipinski definition) is 1. The standard InChI is InChI=1S/C16H16ClFN2S/c1-10(11-4-3-5-12(17)8-11)20(2)13-6-7-14(16(19)21)15(18)9-13/h3-10H,1-2H3,(H2,19,21). The zero-order valence-corrected chi connectivity index (χ0v) is 13.4. The summed E-state index contributed by atoms with van der Waals surface area (Å²) in [6.45, 7) is 2.03. The minimum absolute atomic E-state index is 0.0544. The summed E-state index contributed by atoms with van der Waals surface area (Å²) in [5.41, 5.74) is 7.54. The molecule has 0 aliphatic rings. The molecular formula is C16H16ClFN2S. The Morgan fingerprint density at radius 3 is 2.57 bits per heavy atom. The first-order valence-corrected chi connectivity index (χ1v) is 7.26. The van der Waals surface area contributed by atoms with E-state index in [4.69, 9.17) is 29.6 Å². The molecule has 0 aliphatic heterocycles. The molecule has 0 bridgehead atoms. The maximum atomic E-state index is 14.0. The van der Waals surface area contributed by atoms with Crippen molar-refractivity contribution in [2.75, 3.05) is 11.9 Å². The SMILES string of the molecule is CC(c1cccc(Cl)c1)N(C)c1ccc(C(N)=S)c(F)c1. The average molecular weight is 323 g/mol. The molecule has 5 heteroatoms. The fourth-order valence-corrected chi connectivity index (χ4v) is 2.50. The quantitative estimate of drug-likeness (QED) is 0.850. The monoisotopic (exact) mass is 322 g/mol. The molecule has 110 valence electrons. The lowest BCUT2D eigenvalue weighted by Crippen LogP contribution is -2.22. The third-order valence-electron chi connectivity index (χ3n) is 3.54. The molecule has 0 saturated carbocycles. The zero-order chi connectivity index (χ0) is 15.6. The Hall–Kier alpha value is -1.65. The van der Waals surface area contributed by atoms with Crippen LogP contribution in [0, 0.1) is 5.82 Å². The summed E-state index contributed by atoms with van der Waals surface area (Å²) < 4.78 is 14.0. The normalized spacial score (nSPS) is 12.0. The van der Waals surface area contributed by atoms with Gasteiger partial charge >= 0.3 is 0 Å². The van der Waals surface area contributed by atoms with Gasteiger partial charge in [-0.05, 0) is 42.8 Å². The van der Waals surface area contributed by atoms with Crippen LogP contribution in [0.2, 0.25) is 5.02 Å². The lowest BCUT2D eigenvalue weighted by Gasteiger charge is -2.28. The predicted molar refractivity (Wildman–Crippen MR) is 90.6 cm³/mol. The van der Waals surface area contributed by atoms with Gasteiger partial charge < -0.3 is 10.6 Å². The van der Waals surface area contributed by atoms with Crippen molar-refractivity contribution in [1.29, 1.82) is 0 Å². The molecule has 0 amide bonds. The topological polar surface area (TPSA) is 29.3 Å². The highest BCUT2D eigenvalue weighted by atomic mass is 35.5. The highest BCUT2D eigenvalue weighted by Gasteiger charge is 2.15. The Labute approximate surface area is 134 Å². The van der Waals surface area contributed by atoms with E-state index in [-0.39, 0.29) is 16.6 Å². The molecule has 21 heavy (non-hydrogen) atoms. The molecule has 0 aromatic heterocycles. The lowest BCUT2D eigenvalue weighted by atomic mass is 10.1. The molecule has 0 fully saturated rings. The second-order valence-electron chi connectivity index (χ2n) is 4.87. The molecule has 0 saturated heterocycles. The summed E-state index contributed by atoms with van der Waals surface area (Å²) in [5.74, 6) is -0.412. The molecule has 1 atom stereocenters. The van der Waals surface area contributed by atoms with E-state index >= 15 is 0 Å². The van der Waals surface area contributed by atoms with E-state index < -0.39 is 5.82 Å². The van der Waals surface area contributed by atoms with E-state index in [0.717, 1.165) is 11.3 Å². The minimum atomic E-state index is -0.412. The van der Waals surface area contributed by atoms with E-state index in [2.05, 4.69) is 0 Å². The molecule has 2 rings (SSSR count). The number of thiocarbonyl (C=S) groups is 1. The van der Waals surface area contributed by atoms with Gasteiger partial charge in [-0.1, -0.05) is 36.0 Å². The fourth-order valence-electron chi connectivity index (χ4n) is 2.14. The Morgan fingerprint density at radius 1 is 1.29 bits per heavy atom. The largest absolute Gasteiger partial charge is 0.389 e. The van der Waals surface area contributed by atoms with Crippen LogP contribution in [0.15, 0.2) is 42.5 Å². The molecule has 2 N–H and O–H groups in total. The third kappa shape index (κ3) is 3.52. The van der Waals surface area contributed by atoms with Crippen LogP contribution in [0.3, 0.4) is 0 Å². The van der Waals surface area contributed by atoms with Crippen LogP contribution in [0.4, 0.5) is 10.1 Å². The van der Waals surface area contributed by atoms with Crippen molar-refractivity contribution in [1.82, 2.24) is 0 Å². The van der Waals surface area contributed by atoms with Gasteiger partial charge in [0.25, 0.3) is 0 Å². The van der Waals surface area contributed by atoms with Crippen LogP contribution in [0.25, 0.3) is 0 Å². The summed E-state index contributed by atoms with van der Waals surface area (Å²) >= 11 is 10.8. The first kappa shape index (κ1) is 15.7. The summed E-state index contributed by atoms with van der Waals surface area (Å²) in [5, 5.41) is 0.683. The van der Waals surface area contributed by atoms with Crippen molar-refractivity contribution in [3.05, 3.63) is 64.4 Å². The second-order valence-corrected chi connectivity index (χ2v) is 5.75. The number of rotatable bonds is 4. The van der Waals surface area contributed by atoms with Crippen LogP contribution in [-0.2, 0) is 0 Å². The molecular weight excluding hydrogens is 307 g/mol. The van der Waals surface area contributed by atoms with E-state index in [1.54, 1.807) is 12.1 Å². The van der Waals surface area contributed by atoms with Crippen molar-refractivity contribution in [2.24, 2.45) is 5.73 Å². The van der Waals surface area contributed by atoms with E-state index in [0.29, 0.717) is 5.02 Å². The third-order valence-corrected chi connectivity index (χ3v) is 3.99. The highest BCUT2D eigenvalue weighted by Crippen LogP contribution is 2.28. The molecule has 2 aromatic carbocycles. The Kier molecular flexibility index (Phi) is 4.80. The smallest absolute Gasteiger partial charge is 0.135 e. The van der Waals surface area contributed by atoms with Gasteiger partial charge in [0.2, 0.25) is 0 Å². The number of hydrogen-bond acceptors (Lipinski definition) is 2. The first-order valence-electron chi connectivity index (χ1n) is 6.48. The molecule has 0 heterocycles. The number of nitrogens with two attached hydrogens (primary N) is 1.